The monoisotopic (exact) mass is 366 g/mol. The highest BCUT2D eigenvalue weighted by molar-refractivity contribution is 6.01. The maximum Gasteiger partial charge on any atom is 0.228 e. The topological polar surface area (TPSA) is 76.0 Å². The van der Waals surface area contributed by atoms with E-state index in [4.69, 9.17) is 0 Å². The summed E-state index contributed by atoms with van der Waals surface area (Å²) in [5.74, 6) is -0.708. The molecule has 7 heteroatoms. The summed E-state index contributed by atoms with van der Waals surface area (Å²) >= 11 is 0. The van der Waals surface area contributed by atoms with Gasteiger partial charge in [0.2, 0.25) is 11.8 Å². The molecule has 0 bridgehead atoms. The van der Waals surface area contributed by atoms with E-state index in [0.717, 1.165) is 16.9 Å². The van der Waals surface area contributed by atoms with E-state index >= 15 is 0 Å². The number of para-hydroxylation sites is 2. The van der Waals surface area contributed by atoms with Gasteiger partial charge in [0.05, 0.1) is 17.0 Å². The van der Waals surface area contributed by atoms with Crippen LogP contribution >= 0.6 is 0 Å². The maximum absolute atomic E-state index is 13.4. The number of nitrogens with zero attached hydrogens (tertiary/aromatic N) is 2. The third-order valence-corrected chi connectivity index (χ3v) is 4.85. The smallest absolute Gasteiger partial charge is 0.228 e. The van der Waals surface area contributed by atoms with E-state index in [1.807, 2.05) is 35.8 Å². The predicted molar refractivity (Wildman–Crippen MR) is 99.9 cm³/mol. The molecule has 3 aromatic rings. The molecule has 4 rings (SSSR count). The Morgan fingerprint density at radius 3 is 3.00 bits per heavy atom. The lowest BCUT2D eigenvalue weighted by atomic mass is 9.89. The number of carbonyl (C=O) groups is 2. The van der Waals surface area contributed by atoms with Crippen molar-refractivity contribution in [3.63, 3.8) is 0 Å². The van der Waals surface area contributed by atoms with Gasteiger partial charge in [-0.2, -0.15) is 0 Å². The Balaban J connectivity index is 1.47. The highest BCUT2D eigenvalue weighted by Crippen LogP contribution is 2.32. The molecule has 2 aromatic carbocycles. The van der Waals surface area contributed by atoms with Crippen molar-refractivity contribution >= 4 is 28.5 Å². The van der Waals surface area contributed by atoms with Gasteiger partial charge in [-0.1, -0.05) is 18.2 Å². The molecule has 27 heavy (non-hydrogen) atoms. The molecule has 0 fully saturated rings. The Labute approximate surface area is 155 Å². The number of rotatable bonds is 4. The number of carbonyl (C=O) groups excluding carboxylic acids is 2. The molecular weight excluding hydrogens is 347 g/mol. The number of aromatic nitrogens is 2. The first kappa shape index (κ1) is 17.2. The van der Waals surface area contributed by atoms with Gasteiger partial charge in [-0.05, 0) is 36.8 Å². The van der Waals surface area contributed by atoms with Crippen LogP contribution in [0.25, 0.3) is 11.0 Å². The van der Waals surface area contributed by atoms with Crippen LogP contribution in [0.4, 0.5) is 10.1 Å². The number of halogens is 1. The van der Waals surface area contributed by atoms with Gasteiger partial charge in [0.15, 0.2) is 0 Å². The minimum atomic E-state index is -0.616. The molecule has 1 aliphatic rings. The van der Waals surface area contributed by atoms with Crippen LogP contribution in [-0.2, 0) is 16.1 Å². The number of aryl methyl sites for hydroxylation is 1. The standard InChI is InChI=1S/C20H19FN4O2/c1-12-23-16-4-2-3-5-18(16)25(12)9-8-22-20(27)15-11-19(26)24-17-10-13(21)6-7-14(15)17/h2-7,10,15H,8-9,11H2,1H3,(H,22,27)(H,24,26)/t15-/m1/s1. The van der Waals surface area contributed by atoms with E-state index in [-0.39, 0.29) is 18.2 Å². The summed E-state index contributed by atoms with van der Waals surface area (Å²) in [5, 5.41) is 5.52. The molecule has 0 radical (unpaired) electrons. The van der Waals surface area contributed by atoms with Gasteiger partial charge in [0.25, 0.3) is 0 Å². The molecule has 1 aromatic heterocycles. The first-order chi connectivity index (χ1) is 13.0. The molecule has 138 valence electrons. The van der Waals surface area contributed by atoms with Crippen molar-refractivity contribution < 1.29 is 14.0 Å². The van der Waals surface area contributed by atoms with E-state index in [1.54, 1.807) is 6.07 Å². The van der Waals surface area contributed by atoms with E-state index in [2.05, 4.69) is 15.6 Å². The maximum atomic E-state index is 13.4. The number of nitrogens with one attached hydrogen (secondary N) is 2. The average molecular weight is 366 g/mol. The van der Waals surface area contributed by atoms with Crippen LogP contribution in [0.15, 0.2) is 42.5 Å². The summed E-state index contributed by atoms with van der Waals surface area (Å²) in [4.78, 5) is 29.0. The molecule has 0 saturated carbocycles. The fourth-order valence-electron chi connectivity index (χ4n) is 3.56. The van der Waals surface area contributed by atoms with Gasteiger partial charge in [0.1, 0.15) is 11.6 Å². The summed E-state index contributed by atoms with van der Waals surface area (Å²) in [6.45, 7) is 2.92. The van der Waals surface area contributed by atoms with Crippen LogP contribution < -0.4 is 10.6 Å². The van der Waals surface area contributed by atoms with Gasteiger partial charge in [-0.3, -0.25) is 9.59 Å². The average Bonchev–Trinajstić information content (AvgIpc) is 2.96. The lowest BCUT2D eigenvalue weighted by molar-refractivity contribution is -0.126. The van der Waals surface area contributed by atoms with Crippen molar-refractivity contribution in [3.05, 3.63) is 59.7 Å². The SMILES string of the molecule is Cc1nc2ccccc2n1CCNC(=O)[C@@H]1CC(=O)Nc2cc(F)ccc21. The van der Waals surface area contributed by atoms with Crippen molar-refractivity contribution in [1.82, 2.24) is 14.9 Å². The summed E-state index contributed by atoms with van der Waals surface area (Å²) in [5.41, 5.74) is 2.93. The molecule has 2 N–H and O–H groups in total. The van der Waals surface area contributed by atoms with Crippen molar-refractivity contribution in [2.24, 2.45) is 0 Å². The third kappa shape index (κ3) is 3.28. The first-order valence-corrected chi connectivity index (χ1v) is 8.82. The Kier molecular flexibility index (Phi) is 4.35. The van der Waals surface area contributed by atoms with Crippen LogP contribution in [0, 0.1) is 12.7 Å². The normalized spacial score (nSPS) is 16.1. The molecule has 2 heterocycles. The van der Waals surface area contributed by atoms with Crippen LogP contribution in [0.2, 0.25) is 0 Å². The van der Waals surface area contributed by atoms with Gasteiger partial charge in [-0.15, -0.1) is 0 Å². The van der Waals surface area contributed by atoms with E-state index in [1.165, 1.54) is 12.1 Å². The number of anilines is 1. The number of amides is 2. The van der Waals surface area contributed by atoms with Gasteiger partial charge >= 0.3 is 0 Å². The predicted octanol–water partition coefficient (Wildman–Crippen LogP) is 2.73. The molecule has 0 unspecified atom stereocenters. The number of hydrogen-bond donors (Lipinski definition) is 2. The largest absolute Gasteiger partial charge is 0.354 e. The molecular formula is C20H19FN4O2. The van der Waals surface area contributed by atoms with Crippen molar-refractivity contribution in [2.45, 2.75) is 25.8 Å². The fourth-order valence-corrected chi connectivity index (χ4v) is 3.56. The van der Waals surface area contributed by atoms with Gasteiger partial charge < -0.3 is 15.2 Å². The Bertz CT molecular complexity index is 1040. The number of imidazole rings is 1. The molecule has 0 spiro atoms. The Hall–Kier alpha value is -3.22. The summed E-state index contributed by atoms with van der Waals surface area (Å²) in [6, 6.07) is 11.9. The molecule has 0 saturated heterocycles. The second kappa shape index (κ2) is 6.83. The van der Waals surface area contributed by atoms with Crippen molar-refractivity contribution in [1.29, 1.82) is 0 Å². The second-order valence-electron chi connectivity index (χ2n) is 6.63. The highest BCUT2D eigenvalue weighted by Gasteiger charge is 2.30. The molecule has 6 nitrogen and oxygen atoms in total. The molecule has 2 amide bonds. The summed E-state index contributed by atoms with van der Waals surface area (Å²) in [7, 11) is 0. The Morgan fingerprint density at radius 2 is 2.15 bits per heavy atom. The zero-order valence-electron chi connectivity index (χ0n) is 14.8. The fraction of sp³-hybridized carbons (Fsp3) is 0.250. The number of hydrogen-bond acceptors (Lipinski definition) is 3. The zero-order chi connectivity index (χ0) is 19.0. The van der Waals surface area contributed by atoms with Crippen molar-refractivity contribution in [3.8, 4) is 0 Å². The zero-order valence-corrected chi connectivity index (χ0v) is 14.8. The van der Waals surface area contributed by atoms with E-state index in [0.29, 0.717) is 24.3 Å². The molecule has 0 aliphatic carbocycles. The van der Waals surface area contributed by atoms with E-state index in [9.17, 15) is 14.0 Å². The van der Waals surface area contributed by atoms with Crippen LogP contribution in [0.3, 0.4) is 0 Å². The molecule has 1 aliphatic heterocycles. The molecule has 1 atom stereocenters. The highest BCUT2D eigenvalue weighted by atomic mass is 19.1. The van der Waals surface area contributed by atoms with E-state index < -0.39 is 11.7 Å². The first-order valence-electron chi connectivity index (χ1n) is 8.82. The quantitative estimate of drug-likeness (QED) is 0.745. The lowest BCUT2D eigenvalue weighted by Gasteiger charge is -2.25. The Morgan fingerprint density at radius 1 is 1.33 bits per heavy atom. The second-order valence-corrected chi connectivity index (χ2v) is 6.63. The van der Waals surface area contributed by atoms with Gasteiger partial charge in [-0.25, -0.2) is 9.37 Å². The lowest BCUT2D eigenvalue weighted by Crippen LogP contribution is -2.36. The summed E-state index contributed by atoms with van der Waals surface area (Å²) in [6.07, 6.45) is 0.0531. The number of fused-ring (bicyclic) bond motifs is 2. The minimum Gasteiger partial charge on any atom is -0.354 e. The van der Waals surface area contributed by atoms with Crippen molar-refractivity contribution in [2.75, 3.05) is 11.9 Å². The minimum absolute atomic E-state index is 0.0531. The van der Waals surface area contributed by atoms with Crippen LogP contribution in [0.5, 0.6) is 0 Å². The summed E-state index contributed by atoms with van der Waals surface area (Å²) < 4.78 is 15.5. The number of benzene rings is 2. The van der Waals surface area contributed by atoms with Crippen LogP contribution in [-0.4, -0.2) is 27.9 Å². The van der Waals surface area contributed by atoms with Crippen LogP contribution in [0.1, 0.15) is 23.7 Å². The van der Waals surface area contributed by atoms with Gasteiger partial charge in [0, 0.05) is 25.2 Å². The third-order valence-electron chi connectivity index (χ3n) is 4.85.